The standard InChI is InChI=1S/C20H21ClF3N3O/c1-2-26-8-10-27(11-9-26)18-7-6-16(21)13-17(18)25-19(28)14-4-3-5-15(12-14)20(22,23)24/h3-7,12-13H,2,8-11H2,1H3,(H,25,28). The van der Waals surface area contributed by atoms with Gasteiger partial charge in [-0.05, 0) is 42.9 Å². The number of hydrogen-bond acceptors (Lipinski definition) is 3. The molecule has 2 aromatic carbocycles. The van der Waals surface area contributed by atoms with Gasteiger partial charge in [-0.25, -0.2) is 0 Å². The molecule has 0 spiro atoms. The van der Waals surface area contributed by atoms with E-state index in [4.69, 9.17) is 11.6 Å². The van der Waals surface area contributed by atoms with Crippen LogP contribution in [0.4, 0.5) is 24.5 Å². The van der Waals surface area contributed by atoms with Gasteiger partial charge in [-0.1, -0.05) is 24.6 Å². The van der Waals surface area contributed by atoms with E-state index in [2.05, 4.69) is 22.0 Å². The Morgan fingerprint density at radius 3 is 2.46 bits per heavy atom. The lowest BCUT2D eigenvalue weighted by Crippen LogP contribution is -2.46. The van der Waals surface area contributed by atoms with Gasteiger partial charge in [0.15, 0.2) is 0 Å². The number of nitrogens with zero attached hydrogens (tertiary/aromatic N) is 2. The first-order valence-electron chi connectivity index (χ1n) is 9.03. The minimum Gasteiger partial charge on any atom is -0.367 e. The van der Waals surface area contributed by atoms with Crippen molar-refractivity contribution in [3.05, 3.63) is 58.6 Å². The number of benzene rings is 2. The number of carbonyl (C=O) groups is 1. The van der Waals surface area contributed by atoms with E-state index in [1.165, 1.54) is 12.1 Å². The van der Waals surface area contributed by atoms with Crippen LogP contribution in [0.1, 0.15) is 22.8 Å². The topological polar surface area (TPSA) is 35.6 Å². The number of amides is 1. The molecule has 1 heterocycles. The summed E-state index contributed by atoms with van der Waals surface area (Å²) >= 11 is 6.09. The zero-order chi connectivity index (χ0) is 20.3. The molecule has 1 amide bonds. The summed E-state index contributed by atoms with van der Waals surface area (Å²) in [6.45, 7) is 6.48. The number of piperazine rings is 1. The maximum absolute atomic E-state index is 12.9. The minimum atomic E-state index is -4.50. The highest BCUT2D eigenvalue weighted by Crippen LogP contribution is 2.32. The molecular weight excluding hydrogens is 391 g/mol. The molecule has 1 aliphatic heterocycles. The fourth-order valence-electron chi connectivity index (χ4n) is 3.22. The second-order valence-corrected chi connectivity index (χ2v) is 7.05. The summed E-state index contributed by atoms with van der Waals surface area (Å²) in [5, 5.41) is 3.16. The van der Waals surface area contributed by atoms with Gasteiger partial charge in [-0.2, -0.15) is 13.2 Å². The third-order valence-electron chi connectivity index (χ3n) is 4.82. The Hall–Kier alpha value is -2.25. The van der Waals surface area contributed by atoms with E-state index in [-0.39, 0.29) is 5.56 Å². The predicted molar refractivity (Wildman–Crippen MR) is 105 cm³/mol. The van der Waals surface area contributed by atoms with Crippen molar-refractivity contribution < 1.29 is 18.0 Å². The number of halogens is 4. The molecule has 0 unspecified atom stereocenters. The summed E-state index contributed by atoms with van der Waals surface area (Å²) in [5.41, 5.74) is 0.374. The van der Waals surface area contributed by atoms with Gasteiger partial charge in [0.2, 0.25) is 0 Å². The number of hydrogen-bond donors (Lipinski definition) is 1. The molecule has 0 atom stereocenters. The van der Waals surface area contributed by atoms with Crippen molar-refractivity contribution in [2.75, 3.05) is 42.9 Å². The zero-order valence-electron chi connectivity index (χ0n) is 15.4. The maximum Gasteiger partial charge on any atom is 0.416 e. The van der Waals surface area contributed by atoms with Crippen LogP contribution in [-0.4, -0.2) is 43.5 Å². The first-order valence-corrected chi connectivity index (χ1v) is 9.41. The summed E-state index contributed by atoms with van der Waals surface area (Å²) in [6.07, 6.45) is -4.50. The number of anilines is 2. The van der Waals surface area contributed by atoms with E-state index in [0.29, 0.717) is 10.7 Å². The lowest BCUT2D eigenvalue weighted by Gasteiger charge is -2.36. The van der Waals surface area contributed by atoms with Gasteiger partial charge < -0.3 is 15.1 Å². The van der Waals surface area contributed by atoms with E-state index in [1.807, 2.05) is 6.07 Å². The van der Waals surface area contributed by atoms with Gasteiger partial charge >= 0.3 is 6.18 Å². The molecule has 1 fully saturated rings. The Morgan fingerprint density at radius 1 is 1.11 bits per heavy atom. The molecule has 3 rings (SSSR count). The Bertz CT molecular complexity index is 849. The van der Waals surface area contributed by atoms with Crippen molar-refractivity contribution in [3.63, 3.8) is 0 Å². The number of rotatable bonds is 4. The molecule has 0 aliphatic carbocycles. The maximum atomic E-state index is 12.9. The first kappa shape index (κ1) is 20.5. The van der Waals surface area contributed by atoms with Gasteiger partial charge in [0.05, 0.1) is 16.9 Å². The van der Waals surface area contributed by atoms with Crippen LogP contribution in [0.5, 0.6) is 0 Å². The third kappa shape index (κ3) is 4.77. The second-order valence-electron chi connectivity index (χ2n) is 6.62. The average Bonchev–Trinajstić information content (AvgIpc) is 2.68. The van der Waals surface area contributed by atoms with Crippen molar-refractivity contribution >= 4 is 28.9 Å². The SMILES string of the molecule is CCN1CCN(c2ccc(Cl)cc2NC(=O)c2cccc(C(F)(F)F)c2)CC1. The highest BCUT2D eigenvalue weighted by atomic mass is 35.5. The van der Waals surface area contributed by atoms with E-state index in [0.717, 1.165) is 50.5 Å². The van der Waals surface area contributed by atoms with E-state index >= 15 is 0 Å². The lowest BCUT2D eigenvalue weighted by molar-refractivity contribution is -0.137. The zero-order valence-corrected chi connectivity index (χ0v) is 16.1. The third-order valence-corrected chi connectivity index (χ3v) is 5.05. The van der Waals surface area contributed by atoms with Crippen molar-refractivity contribution in [2.24, 2.45) is 0 Å². The Labute approximate surface area is 166 Å². The van der Waals surface area contributed by atoms with E-state index < -0.39 is 17.6 Å². The van der Waals surface area contributed by atoms with Crippen LogP contribution < -0.4 is 10.2 Å². The van der Waals surface area contributed by atoms with Crippen LogP contribution >= 0.6 is 11.6 Å². The molecule has 1 aliphatic rings. The highest BCUT2D eigenvalue weighted by Gasteiger charge is 2.31. The van der Waals surface area contributed by atoms with Gasteiger partial charge in [0, 0.05) is 36.8 Å². The molecule has 150 valence electrons. The van der Waals surface area contributed by atoms with E-state index in [1.54, 1.807) is 12.1 Å². The van der Waals surface area contributed by atoms with Gasteiger partial charge in [0.25, 0.3) is 5.91 Å². The van der Waals surface area contributed by atoms with Crippen LogP contribution in [0.15, 0.2) is 42.5 Å². The van der Waals surface area contributed by atoms with Crippen LogP contribution in [0.3, 0.4) is 0 Å². The Kier molecular flexibility index (Phi) is 6.15. The Balaban J connectivity index is 1.82. The number of nitrogens with one attached hydrogen (secondary N) is 1. The molecule has 4 nitrogen and oxygen atoms in total. The molecule has 0 aromatic heterocycles. The summed E-state index contributed by atoms with van der Waals surface area (Å²) < 4.78 is 38.8. The van der Waals surface area contributed by atoms with Crippen molar-refractivity contribution in [2.45, 2.75) is 13.1 Å². The molecule has 0 bridgehead atoms. The highest BCUT2D eigenvalue weighted by molar-refractivity contribution is 6.31. The predicted octanol–water partition coefficient (Wildman–Crippen LogP) is 4.75. The molecule has 8 heteroatoms. The number of alkyl halides is 3. The Morgan fingerprint density at radius 2 is 1.82 bits per heavy atom. The van der Waals surface area contributed by atoms with Crippen molar-refractivity contribution in [3.8, 4) is 0 Å². The van der Waals surface area contributed by atoms with Crippen LogP contribution in [-0.2, 0) is 6.18 Å². The molecule has 1 N–H and O–H groups in total. The van der Waals surface area contributed by atoms with Gasteiger partial charge in [-0.15, -0.1) is 0 Å². The lowest BCUT2D eigenvalue weighted by atomic mass is 10.1. The largest absolute Gasteiger partial charge is 0.416 e. The van der Waals surface area contributed by atoms with Crippen LogP contribution in [0, 0.1) is 0 Å². The molecule has 0 saturated carbocycles. The summed E-state index contributed by atoms with van der Waals surface area (Å²) in [5.74, 6) is -0.609. The van der Waals surface area contributed by atoms with Crippen molar-refractivity contribution in [1.29, 1.82) is 0 Å². The number of carbonyl (C=O) groups excluding carboxylic acids is 1. The fraction of sp³-hybridized carbons (Fsp3) is 0.350. The average molecular weight is 412 g/mol. The minimum absolute atomic E-state index is 0.0587. The molecule has 2 aromatic rings. The molecule has 1 saturated heterocycles. The molecular formula is C20H21ClF3N3O. The van der Waals surface area contributed by atoms with Gasteiger partial charge in [0.1, 0.15) is 0 Å². The summed E-state index contributed by atoms with van der Waals surface area (Å²) in [6, 6.07) is 9.55. The summed E-state index contributed by atoms with van der Waals surface area (Å²) in [4.78, 5) is 17.1. The quantitative estimate of drug-likeness (QED) is 0.788. The second kappa shape index (κ2) is 8.41. The normalized spacial score (nSPS) is 15.5. The molecule has 28 heavy (non-hydrogen) atoms. The monoisotopic (exact) mass is 411 g/mol. The van der Waals surface area contributed by atoms with Gasteiger partial charge in [-0.3, -0.25) is 4.79 Å². The smallest absolute Gasteiger partial charge is 0.367 e. The van der Waals surface area contributed by atoms with E-state index in [9.17, 15) is 18.0 Å². The summed E-state index contributed by atoms with van der Waals surface area (Å²) in [7, 11) is 0. The van der Waals surface area contributed by atoms with Crippen LogP contribution in [0.2, 0.25) is 5.02 Å². The fourth-order valence-corrected chi connectivity index (χ4v) is 3.39. The first-order chi connectivity index (χ1) is 13.3. The van der Waals surface area contributed by atoms with Crippen molar-refractivity contribution in [1.82, 2.24) is 4.90 Å². The number of likely N-dealkylation sites (N-methyl/N-ethyl adjacent to an activating group) is 1. The van der Waals surface area contributed by atoms with Crippen LogP contribution in [0.25, 0.3) is 0 Å². The molecule has 0 radical (unpaired) electrons.